The molecule has 1 aromatic carbocycles. The Morgan fingerprint density at radius 3 is 2.76 bits per heavy atom. The topological polar surface area (TPSA) is 103 Å². The molecule has 0 unspecified atom stereocenters. The molecular formula is C17H21BN2O5. The van der Waals surface area contributed by atoms with E-state index in [1.54, 1.807) is 6.92 Å². The van der Waals surface area contributed by atoms with Crippen molar-refractivity contribution in [1.29, 1.82) is 0 Å². The minimum atomic E-state index is -1.75. The maximum Gasteiger partial charge on any atom is 0.475 e. The number of nitrogens with zero attached hydrogens (tertiary/aromatic N) is 1. The van der Waals surface area contributed by atoms with E-state index in [1.165, 1.54) is 11.2 Å². The maximum atomic E-state index is 12.2. The van der Waals surface area contributed by atoms with Crippen LogP contribution in [0.15, 0.2) is 47.6 Å². The Morgan fingerprint density at radius 1 is 1.40 bits per heavy atom. The number of likely N-dealkylation sites (N-methyl/N-ethyl adjacent to an activating group) is 1. The molecule has 2 aromatic rings. The molecule has 0 aliphatic heterocycles. The fourth-order valence-corrected chi connectivity index (χ4v) is 2.56. The molecule has 2 rings (SSSR count). The molecule has 1 atom stereocenters. The van der Waals surface area contributed by atoms with Crippen molar-refractivity contribution >= 4 is 29.9 Å². The first-order valence-corrected chi connectivity index (χ1v) is 7.98. The second-order valence-electron chi connectivity index (χ2n) is 5.61. The van der Waals surface area contributed by atoms with Crippen LogP contribution in [0.2, 0.25) is 0 Å². The normalized spacial score (nSPS) is 11.8. The summed E-state index contributed by atoms with van der Waals surface area (Å²) in [5.41, 5.74) is 1.44. The van der Waals surface area contributed by atoms with Gasteiger partial charge in [-0.05, 0) is 31.1 Å². The number of nitrogens with one attached hydrogen (secondary N) is 1. The predicted octanol–water partition coefficient (Wildman–Crippen LogP) is 0.507. The van der Waals surface area contributed by atoms with Gasteiger partial charge in [0.15, 0.2) is 0 Å². The fraction of sp³-hybridized carbons (Fsp3) is 0.294. The fourth-order valence-electron chi connectivity index (χ4n) is 2.56. The summed E-state index contributed by atoms with van der Waals surface area (Å²) < 4.78 is 5.42. The lowest BCUT2D eigenvalue weighted by Gasteiger charge is -2.22. The Balaban J connectivity index is 2.07. The standard InChI is InChI=1S/C17H21BN2O5/c1-3-17(22)20(4-2)10-16(21)19-15(18(23)24)9-12-11-25-14-8-6-5-7-13(12)14/h3,5-8,11,15,23-24H,1,4,9-10H2,2H3,(H,19,21)/t15-/m0/s1. The zero-order valence-electron chi connectivity index (χ0n) is 14.0. The predicted molar refractivity (Wildman–Crippen MR) is 94.5 cm³/mol. The minimum absolute atomic E-state index is 0.182. The molecule has 0 aliphatic rings. The lowest BCUT2D eigenvalue weighted by atomic mass is 9.76. The Hall–Kier alpha value is -2.58. The van der Waals surface area contributed by atoms with Crippen molar-refractivity contribution in [1.82, 2.24) is 10.2 Å². The first kappa shape index (κ1) is 18.8. The van der Waals surface area contributed by atoms with E-state index in [1.807, 2.05) is 24.3 Å². The maximum absolute atomic E-state index is 12.2. The summed E-state index contributed by atoms with van der Waals surface area (Å²) in [5.74, 6) is -1.77. The van der Waals surface area contributed by atoms with E-state index < -0.39 is 19.0 Å². The van der Waals surface area contributed by atoms with Crippen molar-refractivity contribution in [3.8, 4) is 0 Å². The van der Waals surface area contributed by atoms with Gasteiger partial charge in [-0.1, -0.05) is 24.8 Å². The van der Waals surface area contributed by atoms with Crippen molar-refractivity contribution in [3.63, 3.8) is 0 Å². The average Bonchev–Trinajstić information content (AvgIpc) is 3.01. The molecule has 0 bridgehead atoms. The number of para-hydroxylation sites is 1. The Kier molecular flexibility index (Phi) is 6.38. The van der Waals surface area contributed by atoms with Crippen molar-refractivity contribution in [2.45, 2.75) is 19.3 Å². The molecule has 25 heavy (non-hydrogen) atoms. The average molecular weight is 344 g/mol. The van der Waals surface area contributed by atoms with Crippen LogP contribution in [-0.4, -0.2) is 52.9 Å². The first-order valence-electron chi connectivity index (χ1n) is 7.98. The Labute approximate surface area is 146 Å². The highest BCUT2D eigenvalue weighted by atomic mass is 16.4. The summed E-state index contributed by atoms with van der Waals surface area (Å²) in [4.78, 5) is 25.1. The largest absolute Gasteiger partial charge is 0.475 e. The van der Waals surface area contributed by atoms with E-state index in [0.717, 1.165) is 17.0 Å². The third-order valence-electron chi connectivity index (χ3n) is 3.91. The van der Waals surface area contributed by atoms with Gasteiger partial charge in [0.2, 0.25) is 11.8 Å². The first-order chi connectivity index (χ1) is 12.0. The van der Waals surface area contributed by atoms with Crippen molar-refractivity contribution in [3.05, 3.63) is 48.7 Å². The number of benzene rings is 1. The smallest absolute Gasteiger partial charge is 0.464 e. The summed E-state index contributed by atoms with van der Waals surface area (Å²) in [6, 6.07) is 7.36. The van der Waals surface area contributed by atoms with E-state index >= 15 is 0 Å². The quantitative estimate of drug-likeness (QED) is 0.478. The number of carbonyl (C=O) groups is 2. The number of fused-ring (bicyclic) bond motifs is 1. The Morgan fingerprint density at radius 2 is 2.12 bits per heavy atom. The van der Waals surface area contributed by atoms with E-state index in [2.05, 4.69) is 11.9 Å². The molecule has 8 heteroatoms. The molecule has 0 saturated heterocycles. The number of hydrogen-bond donors (Lipinski definition) is 3. The van der Waals surface area contributed by atoms with Gasteiger partial charge in [-0.15, -0.1) is 0 Å². The van der Waals surface area contributed by atoms with Gasteiger partial charge < -0.3 is 24.7 Å². The van der Waals surface area contributed by atoms with Gasteiger partial charge in [0.1, 0.15) is 5.58 Å². The number of furan rings is 1. The molecule has 2 amide bonds. The number of rotatable bonds is 8. The minimum Gasteiger partial charge on any atom is -0.464 e. The van der Waals surface area contributed by atoms with Gasteiger partial charge in [-0.25, -0.2) is 0 Å². The SMILES string of the molecule is C=CC(=O)N(CC)CC(=O)N[C@@H](Cc1coc2ccccc12)B(O)O. The monoisotopic (exact) mass is 344 g/mol. The molecule has 7 nitrogen and oxygen atoms in total. The van der Waals surface area contributed by atoms with E-state index in [4.69, 9.17) is 4.42 Å². The number of carbonyl (C=O) groups excluding carboxylic acids is 2. The second-order valence-corrected chi connectivity index (χ2v) is 5.61. The van der Waals surface area contributed by atoms with Crippen LogP contribution in [-0.2, 0) is 16.0 Å². The highest BCUT2D eigenvalue weighted by Crippen LogP contribution is 2.22. The zero-order valence-corrected chi connectivity index (χ0v) is 14.0. The second kappa shape index (κ2) is 8.50. The summed E-state index contributed by atoms with van der Waals surface area (Å²) >= 11 is 0. The molecule has 0 aliphatic carbocycles. The Bertz CT molecular complexity index is 758. The highest BCUT2D eigenvalue weighted by Gasteiger charge is 2.27. The van der Waals surface area contributed by atoms with Crippen molar-refractivity contribution in [2.24, 2.45) is 0 Å². The lowest BCUT2D eigenvalue weighted by molar-refractivity contribution is -0.132. The van der Waals surface area contributed by atoms with Gasteiger partial charge in [-0.3, -0.25) is 9.59 Å². The molecule has 132 valence electrons. The molecule has 0 spiro atoms. The summed E-state index contributed by atoms with van der Waals surface area (Å²) in [7, 11) is -1.75. The van der Waals surface area contributed by atoms with Crippen molar-refractivity contribution in [2.75, 3.05) is 13.1 Å². The van der Waals surface area contributed by atoms with Crippen LogP contribution in [0.1, 0.15) is 12.5 Å². The third-order valence-corrected chi connectivity index (χ3v) is 3.91. The van der Waals surface area contributed by atoms with Gasteiger partial charge >= 0.3 is 7.12 Å². The molecule has 3 N–H and O–H groups in total. The summed E-state index contributed by atoms with van der Waals surface area (Å²) in [6.07, 6.45) is 2.85. The number of hydrogen-bond acceptors (Lipinski definition) is 5. The molecule has 0 saturated carbocycles. The molecule has 1 aromatic heterocycles. The van der Waals surface area contributed by atoms with Gasteiger partial charge in [0.25, 0.3) is 0 Å². The van der Waals surface area contributed by atoms with Gasteiger partial charge in [0, 0.05) is 11.9 Å². The summed E-state index contributed by atoms with van der Waals surface area (Å²) in [6.45, 7) is 5.29. The molecule has 0 radical (unpaired) electrons. The van der Waals surface area contributed by atoms with E-state index in [0.29, 0.717) is 12.1 Å². The van der Waals surface area contributed by atoms with Crippen LogP contribution < -0.4 is 5.32 Å². The van der Waals surface area contributed by atoms with Crippen LogP contribution in [0.3, 0.4) is 0 Å². The van der Waals surface area contributed by atoms with Crippen LogP contribution in [0, 0.1) is 0 Å². The molecule has 1 heterocycles. The van der Waals surface area contributed by atoms with Gasteiger partial charge in [-0.2, -0.15) is 0 Å². The molecule has 0 fully saturated rings. The number of amides is 2. The zero-order chi connectivity index (χ0) is 18.4. The third kappa shape index (κ3) is 4.71. The highest BCUT2D eigenvalue weighted by molar-refractivity contribution is 6.43. The summed E-state index contributed by atoms with van der Waals surface area (Å²) in [5, 5.41) is 22.6. The van der Waals surface area contributed by atoms with E-state index in [9.17, 15) is 19.6 Å². The van der Waals surface area contributed by atoms with Crippen LogP contribution in [0.5, 0.6) is 0 Å². The van der Waals surface area contributed by atoms with Crippen molar-refractivity contribution < 1.29 is 24.1 Å². The van der Waals surface area contributed by atoms with Crippen LogP contribution >= 0.6 is 0 Å². The van der Waals surface area contributed by atoms with E-state index in [-0.39, 0.29) is 18.9 Å². The van der Waals surface area contributed by atoms with Crippen LogP contribution in [0.4, 0.5) is 0 Å². The molecular weight excluding hydrogens is 323 g/mol. The van der Waals surface area contributed by atoms with Gasteiger partial charge in [0.05, 0.1) is 18.7 Å². The lowest BCUT2D eigenvalue weighted by Crippen LogP contribution is -2.51. The van der Waals surface area contributed by atoms with Crippen LogP contribution in [0.25, 0.3) is 11.0 Å².